The van der Waals surface area contributed by atoms with Gasteiger partial charge in [-0.1, -0.05) is 30.3 Å². The number of carbonyl (C=O) groups is 2. The monoisotopic (exact) mass is 532 g/mol. The third-order valence-electron chi connectivity index (χ3n) is 6.22. The minimum absolute atomic E-state index is 0.243. The molecule has 0 spiro atoms. The molecule has 0 fully saturated rings. The van der Waals surface area contributed by atoms with Gasteiger partial charge in [0.2, 0.25) is 5.89 Å². The fraction of sp³-hybridized carbons (Fsp3) is 0.387. The van der Waals surface area contributed by atoms with Gasteiger partial charge in [-0.2, -0.15) is 0 Å². The standard InChI is InChI=1S/C31H36N2O6/c1-6-36-29(34)25-15-17-33(30(35)39-31(3,4)5)20-26(25)23-13-10-14-24(19-23)37-18-16-27-21(2)38-28(32-27)22-11-8-7-9-12-22/h7-14,19H,6,15-18,20H2,1-5H3. The van der Waals surface area contributed by atoms with Crippen LogP contribution >= 0.6 is 0 Å². The Labute approximate surface area is 229 Å². The largest absolute Gasteiger partial charge is 0.493 e. The van der Waals surface area contributed by atoms with Crippen molar-refractivity contribution in [2.45, 2.75) is 53.1 Å². The first-order valence-corrected chi connectivity index (χ1v) is 13.3. The van der Waals surface area contributed by atoms with E-state index in [9.17, 15) is 9.59 Å². The summed E-state index contributed by atoms with van der Waals surface area (Å²) >= 11 is 0. The molecule has 1 aliphatic heterocycles. The number of benzene rings is 2. The fourth-order valence-electron chi connectivity index (χ4n) is 4.36. The number of nitrogens with zero attached hydrogens (tertiary/aromatic N) is 2. The van der Waals surface area contributed by atoms with Gasteiger partial charge >= 0.3 is 12.1 Å². The first-order chi connectivity index (χ1) is 18.6. The van der Waals surface area contributed by atoms with E-state index < -0.39 is 11.7 Å². The number of rotatable bonds is 8. The molecule has 0 aliphatic carbocycles. The molecule has 1 aromatic heterocycles. The van der Waals surface area contributed by atoms with E-state index in [0.29, 0.717) is 43.2 Å². The number of ether oxygens (including phenoxy) is 3. The SMILES string of the molecule is CCOC(=O)C1=C(c2cccc(OCCc3nc(-c4ccccc4)oc3C)c2)CN(C(=O)OC(C)(C)C)CC1. The van der Waals surface area contributed by atoms with E-state index in [2.05, 4.69) is 4.98 Å². The van der Waals surface area contributed by atoms with Crippen molar-refractivity contribution in [2.24, 2.45) is 0 Å². The number of aryl methyl sites for hydroxylation is 1. The zero-order valence-corrected chi connectivity index (χ0v) is 23.3. The zero-order chi connectivity index (χ0) is 28.0. The Bertz CT molecular complexity index is 1340. The molecule has 1 amide bonds. The van der Waals surface area contributed by atoms with E-state index in [1.165, 1.54) is 0 Å². The predicted molar refractivity (Wildman–Crippen MR) is 148 cm³/mol. The molecule has 0 atom stereocenters. The average molecular weight is 533 g/mol. The summed E-state index contributed by atoms with van der Waals surface area (Å²) in [6, 6.07) is 17.3. The summed E-state index contributed by atoms with van der Waals surface area (Å²) in [6.45, 7) is 10.5. The van der Waals surface area contributed by atoms with Gasteiger partial charge in [0.1, 0.15) is 17.1 Å². The number of esters is 1. The molecule has 8 heteroatoms. The maximum atomic E-state index is 12.8. The summed E-state index contributed by atoms with van der Waals surface area (Å²) in [7, 11) is 0. The van der Waals surface area contributed by atoms with Crippen LogP contribution in [-0.4, -0.2) is 53.9 Å². The van der Waals surface area contributed by atoms with Crippen LogP contribution in [0, 0.1) is 6.92 Å². The maximum Gasteiger partial charge on any atom is 0.410 e. The molecular formula is C31H36N2O6. The fourth-order valence-corrected chi connectivity index (χ4v) is 4.36. The predicted octanol–water partition coefficient (Wildman–Crippen LogP) is 6.23. The van der Waals surface area contributed by atoms with Crippen LogP contribution in [0.4, 0.5) is 4.79 Å². The molecule has 206 valence electrons. The molecule has 0 saturated heterocycles. The lowest BCUT2D eigenvalue weighted by atomic mass is 9.94. The lowest BCUT2D eigenvalue weighted by molar-refractivity contribution is -0.138. The molecular weight excluding hydrogens is 496 g/mol. The van der Waals surface area contributed by atoms with E-state index in [-0.39, 0.29) is 19.1 Å². The number of aromatic nitrogens is 1. The molecule has 4 rings (SSSR count). The van der Waals surface area contributed by atoms with Crippen LogP contribution < -0.4 is 4.74 Å². The van der Waals surface area contributed by atoms with Gasteiger partial charge in [0.05, 0.1) is 25.5 Å². The molecule has 0 saturated carbocycles. The molecule has 0 radical (unpaired) electrons. The summed E-state index contributed by atoms with van der Waals surface area (Å²) in [5.41, 5.74) is 3.26. The van der Waals surface area contributed by atoms with Gasteiger partial charge in [0, 0.05) is 24.1 Å². The molecule has 2 aromatic carbocycles. The lowest BCUT2D eigenvalue weighted by Gasteiger charge is -2.32. The summed E-state index contributed by atoms with van der Waals surface area (Å²) in [5, 5.41) is 0. The molecule has 0 bridgehead atoms. The van der Waals surface area contributed by atoms with E-state index in [4.69, 9.17) is 18.6 Å². The highest BCUT2D eigenvalue weighted by molar-refractivity contribution is 5.99. The van der Waals surface area contributed by atoms with Crippen molar-refractivity contribution in [2.75, 3.05) is 26.3 Å². The summed E-state index contributed by atoms with van der Waals surface area (Å²) < 4.78 is 22.8. The Morgan fingerprint density at radius 3 is 2.51 bits per heavy atom. The van der Waals surface area contributed by atoms with Gasteiger partial charge in [0.25, 0.3) is 0 Å². The minimum atomic E-state index is -0.611. The van der Waals surface area contributed by atoms with Crippen molar-refractivity contribution >= 4 is 17.6 Å². The Morgan fingerprint density at radius 1 is 1.05 bits per heavy atom. The molecule has 2 heterocycles. The van der Waals surface area contributed by atoms with E-state index in [0.717, 1.165) is 28.2 Å². The normalized spacial score (nSPS) is 13.8. The lowest BCUT2D eigenvalue weighted by Crippen LogP contribution is -2.41. The molecule has 3 aromatic rings. The summed E-state index contributed by atoms with van der Waals surface area (Å²) in [5.74, 6) is 1.65. The third-order valence-corrected chi connectivity index (χ3v) is 6.22. The van der Waals surface area contributed by atoms with Crippen LogP contribution in [0.25, 0.3) is 17.0 Å². The molecule has 8 nitrogen and oxygen atoms in total. The quantitative estimate of drug-likeness (QED) is 0.318. The zero-order valence-electron chi connectivity index (χ0n) is 23.3. The Morgan fingerprint density at radius 2 is 1.79 bits per heavy atom. The van der Waals surface area contributed by atoms with Gasteiger partial charge in [-0.05, 0) is 76.4 Å². The van der Waals surface area contributed by atoms with Gasteiger partial charge in [0.15, 0.2) is 0 Å². The van der Waals surface area contributed by atoms with Crippen molar-refractivity contribution in [3.05, 3.63) is 77.2 Å². The topological polar surface area (TPSA) is 91.1 Å². The van der Waals surface area contributed by atoms with Crippen LogP contribution in [0.1, 0.15) is 51.1 Å². The second-order valence-corrected chi connectivity index (χ2v) is 10.3. The molecule has 1 aliphatic rings. The Hall–Kier alpha value is -4.07. The molecule has 0 N–H and O–H groups in total. The van der Waals surface area contributed by atoms with Crippen LogP contribution in [0.15, 0.2) is 64.6 Å². The number of hydrogen-bond acceptors (Lipinski definition) is 7. The number of hydrogen-bond donors (Lipinski definition) is 0. The third kappa shape index (κ3) is 7.28. The smallest absolute Gasteiger partial charge is 0.410 e. The first kappa shape index (κ1) is 28.0. The summed E-state index contributed by atoms with van der Waals surface area (Å²) in [6.07, 6.45) is 0.552. The van der Waals surface area contributed by atoms with Crippen LogP contribution in [0.5, 0.6) is 5.75 Å². The van der Waals surface area contributed by atoms with Crippen molar-refractivity contribution < 1.29 is 28.2 Å². The summed E-state index contributed by atoms with van der Waals surface area (Å²) in [4.78, 5) is 31.8. The van der Waals surface area contributed by atoms with E-state index in [1.54, 1.807) is 11.8 Å². The highest BCUT2D eigenvalue weighted by atomic mass is 16.6. The first-order valence-electron chi connectivity index (χ1n) is 13.3. The Kier molecular flexibility index (Phi) is 8.74. The highest BCUT2D eigenvalue weighted by Crippen LogP contribution is 2.31. The van der Waals surface area contributed by atoms with Crippen LogP contribution in [0.2, 0.25) is 0 Å². The van der Waals surface area contributed by atoms with Crippen molar-refractivity contribution in [3.63, 3.8) is 0 Å². The molecule has 0 unspecified atom stereocenters. The second-order valence-electron chi connectivity index (χ2n) is 10.3. The van der Waals surface area contributed by atoms with Crippen molar-refractivity contribution in [3.8, 4) is 17.2 Å². The molecule has 39 heavy (non-hydrogen) atoms. The number of carbonyl (C=O) groups excluding carboxylic acids is 2. The van der Waals surface area contributed by atoms with Crippen molar-refractivity contribution in [1.29, 1.82) is 0 Å². The Balaban J connectivity index is 1.49. The van der Waals surface area contributed by atoms with Crippen LogP contribution in [-0.2, 0) is 20.7 Å². The number of amides is 1. The van der Waals surface area contributed by atoms with E-state index >= 15 is 0 Å². The van der Waals surface area contributed by atoms with Gasteiger partial charge in [-0.3, -0.25) is 0 Å². The van der Waals surface area contributed by atoms with Gasteiger partial charge in [-0.25, -0.2) is 14.6 Å². The van der Waals surface area contributed by atoms with Crippen LogP contribution in [0.3, 0.4) is 0 Å². The maximum absolute atomic E-state index is 12.8. The van der Waals surface area contributed by atoms with Crippen molar-refractivity contribution in [1.82, 2.24) is 9.88 Å². The van der Waals surface area contributed by atoms with Gasteiger partial charge in [-0.15, -0.1) is 0 Å². The highest BCUT2D eigenvalue weighted by Gasteiger charge is 2.30. The minimum Gasteiger partial charge on any atom is -0.493 e. The van der Waals surface area contributed by atoms with Gasteiger partial charge < -0.3 is 23.5 Å². The second kappa shape index (κ2) is 12.2. The van der Waals surface area contributed by atoms with E-state index in [1.807, 2.05) is 82.3 Å². The number of oxazole rings is 1. The average Bonchev–Trinajstić information content (AvgIpc) is 3.28.